The molecule has 6 heteroatoms. The summed E-state index contributed by atoms with van der Waals surface area (Å²) in [6.45, 7) is 11.5. The van der Waals surface area contributed by atoms with Gasteiger partial charge in [0, 0.05) is 26.2 Å². The maximum absolute atomic E-state index is 11.9. The highest BCUT2D eigenvalue weighted by Crippen LogP contribution is 2.38. The first-order valence-electron chi connectivity index (χ1n) is 8.36. The maximum Gasteiger partial charge on any atom is 0.409 e. The van der Waals surface area contributed by atoms with E-state index in [1.807, 2.05) is 13.8 Å². The standard InChI is InChI=1S/C16H31N3O3/c1-5-11-22-15(21)19-9-7-16(4,8-10-19)13(3)12-18-14(20)17-6-2/h13H,5-12H2,1-4H3,(H2,17,18,20). The molecule has 0 radical (unpaired) electrons. The molecule has 0 aliphatic carbocycles. The van der Waals surface area contributed by atoms with E-state index in [1.165, 1.54) is 0 Å². The van der Waals surface area contributed by atoms with Crippen LogP contribution < -0.4 is 10.6 Å². The van der Waals surface area contributed by atoms with Crippen LogP contribution in [0.1, 0.15) is 47.0 Å². The summed E-state index contributed by atoms with van der Waals surface area (Å²) >= 11 is 0. The van der Waals surface area contributed by atoms with Crippen LogP contribution in [0.15, 0.2) is 0 Å². The molecule has 0 bridgehead atoms. The smallest absolute Gasteiger partial charge is 0.409 e. The van der Waals surface area contributed by atoms with Crippen molar-refractivity contribution in [2.24, 2.45) is 11.3 Å². The Hall–Kier alpha value is -1.46. The summed E-state index contributed by atoms with van der Waals surface area (Å²) in [4.78, 5) is 25.1. The van der Waals surface area contributed by atoms with Gasteiger partial charge in [-0.2, -0.15) is 0 Å². The first-order valence-corrected chi connectivity index (χ1v) is 8.36. The van der Waals surface area contributed by atoms with Crippen LogP contribution in [-0.4, -0.2) is 49.8 Å². The minimum absolute atomic E-state index is 0.112. The lowest BCUT2D eigenvalue weighted by Crippen LogP contribution is -2.47. The number of amides is 3. The number of rotatable bonds is 6. The highest BCUT2D eigenvalue weighted by Gasteiger charge is 2.36. The van der Waals surface area contributed by atoms with Gasteiger partial charge in [-0.25, -0.2) is 9.59 Å². The van der Waals surface area contributed by atoms with Crippen molar-refractivity contribution in [2.45, 2.75) is 47.0 Å². The van der Waals surface area contributed by atoms with Crippen LogP contribution in [0.5, 0.6) is 0 Å². The van der Waals surface area contributed by atoms with E-state index < -0.39 is 0 Å². The van der Waals surface area contributed by atoms with Gasteiger partial charge in [0.15, 0.2) is 0 Å². The van der Waals surface area contributed by atoms with Gasteiger partial charge in [0.25, 0.3) is 0 Å². The average molecular weight is 313 g/mol. The summed E-state index contributed by atoms with van der Waals surface area (Å²) in [5.41, 5.74) is 0.140. The number of nitrogens with zero attached hydrogens (tertiary/aromatic N) is 1. The van der Waals surface area contributed by atoms with Gasteiger partial charge in [-0.3, -0.25) is 0 Å². The van der Waals surface area contributed by atoms with Crippen LogP contribution in [0, 0.1) is 11.3 Å². The SMILES string of the molecule is CCCOC(=O)N1CCC(C)(C(C)CNC(=O)NCC)CC1. The number of carbonyl (C=O) groups excluding carboxylic acids is 2. The van der Waals surface area contributed by atoms with Crippen LogP contribution in [-0.2, 0) is 4.74 Å². The van der Waals surface area contributed by atoms with Crippen LogP contribution in [0.25, 0.3) is 0 Å². The van der Waals surface area contributed by atoms with Crippen molar-refractivity contribution < 1.29 is 14.3 Å². The van der Waals surface area contributed by atoms with Crippen molar-refractivity contribution >= 4 is 12.1 Å². The molecule has 1 fully saturated rings. The Kier molecular flexibility index (Phi) is 7.48. The third kappa shape index (κ3) is 5.39. The van der Waals surface area contributed by atoms with Crippen molar-refractivity contribution in [3.63, 3.8) is 0 Å². The summed E-state index contributed by atoms with van der Waals surface area (Å²) < 4.78 is 5.19. The van der Waals surface area contributed by atoms with E-state index in [4.69, 9.17) is 4.74 Å². The van der Waals surface area contributed by atoms with Gasteiger partial charge in [0.05, 0.1) is 6.61 Å². The molecule has 0 aromatic heterocycles. The molecular formula is C16H31N3O3. The molecule has 1 aliphatic rings. The number of nitrogens with one attached hydrogen (secondary N) is 2. The molecule has 0 aromatic carbocycles. The highest BCUT2D eigenvalue weighted by atomic mass is 16.6. The van der Waals surface area contributed by atoms with E-state index >= 15 is 0 Å². The third-order valence-corrected chi connectivity index (χ3v) is 4.69. The van der Waals surface area contributed by atoms with Crippen LogP contribution in [0.3, 0.4) is 0 Å². The number of piperidine rings is 1. The van der Waals surface area contributed by atoms with E-state index in [1.54, 1.807) is 4.90 Å². The molecule has 128 valence electrons. The number of urea groups is 1. The number of hydrogen-bond acceptors (Lipinski definition) is 3. The zero-order chi connectivity index (χ0) is 16.6. The normalized spacial score (nSPS) is 18.5. The Bertz CT molecular complexity index is 366. The maximum atomic E-state index is 11.9. The highest BCUT2D eigenvalue weighted by molar-refractivity contribution is 5.73. The van der Waals surface area contributed by atoms with Crippen molar-refractivity contribution in [1.82, 2.24) is 15.5 Å². The summed E-state index contributed by atoms with van der Waals surface area (Å²) in [5.74, 6) is 0.365. The number of ether oxygens (including phenoxy) is 1. The first kappa shape index (κ1) is 18.6. The number of likely N-dealkylation sites (tertiary alicyclic amines) is 1. The fourth-order valence-corrected chi connectivity index (χ4v) is 2.69. The number of carbonyl (C=O) groups is 2. The van der Waals surface area contributed by atoms with Crippen molar-refractivity contribution in [3.8, 4) is 0 Å². The quantitative estimate of drug-likeness (QED) is 0.792. The van der Waals surface area contributed by atoms with Gasteiger partial charge in [-0.1, -0.05) is 20.8 Å². The van der Waals surface area contributed by atoms with E-state index in [0.717, 1.165) is 32.4 Å². The van der Waals surface area contributed by atoms with Gasteiger partial charge < -0.3 is 20.3 Å². The molecule has 1 aliphatic heterocycles. The fourth-order valence-electron chi connectivity index (χ4n) is 2.69. The van der Waals surface area contributed by atoms with Crippen molar-refractivity contribution in [2.75, 3.05) is 32.8 Å². The van der Waals surface area contributed by atoms with E-state index in [2.05, 4.69) is 24.5 Å². The summed E-state index contributed by atoms with van der Waals surface area (Å²) in [7, 11) is 0. The Balaban J connectivity index is 2.39. The molecule has 1 heterocycles. The lowest BCUT2D eigenvalue weighted by atomic mass is 9.71. The Morgan fingerprint density at radius 1 is 1.23 bits per heavy atom. The molecule has 0 aromatic rings. The second kappa shape index (κ2) is 8.86. The lowest BCUT2D eigenvalue weighted by Gasteiger charge is -2.42. The number of hydrogen-bond donors (Lipinski definition) is 2. The molecule has 22 heavy (non-hydrogen) atoms. The average Bonchev–Trinajstić information content (AvgIpc) is 2.51. The molecule has 6 nitrogen and oxygen atoms in total. The van der Waals surface area contributed by atoms with Gasteiger partial charge in [0.1, 0.15) is 0 Å². The molecule has 3 amide bonds. The molecule has 0 spiro atoms. The van der Waals surface area contributed by atoms with E-state index in [-0.39, 0.29) is 17.5 Å². The first-order chi connectivity index (χ1) is 10.4. The molecule has 1 atom stereocenters. The van der Waals surface area contributed by atoms with Gasteiger partial charge >= 0.3 is 12.1 Å². The summed E-state index contributed by atoms with van der Waals surface area (Å²) in [5, 5.41) is 5.65. The molecule has 1 saturated heterocycles. The Morgan fingerprint density at radius 2 is 1.86 bits per heavy atom. The van der Waals surface area contributed by atoms with Crippen molar-refractivity contribution in [1.29, 1.82) is 0 Å². The Labute approximate surface area is 134 Å². The van der Waals surface area contributed by atoms with E-state index in [0.29, 0.717) is 25.6 Å². The Morgan fingerprint density at radius 3 is 2.41 bits per heavy atom. The van der Waals surface area contributed by atoms with Crippen LogP contribution >= 0.6 is 0 Å². The fraction of sp³-hybridized carbons (Fsp3) is 0.875. The molecular weight excluding hydrogens is 282 g/mol. The topological polar surface area (TPSA) is 70.7 Å². The van der Waals surface area contributed by atoms with Crippen LogP contribution in [0.4, 0.5) is 9.59 Å². The summed E-state index contributed by atoms with van der Waals surface area (Å²) in [6, 6.07) is -0.112. The molecule has 1 unspecified atom stereocenters. The van der Waals surface area contributed by atoms with Gasteiger partial charge in [-0.05, 0) is 37.5 Å². The zero-order valence-electron chi connectivity index (χ0n) is 14.4. The molecule has 1 rings (SSSR count). The monoisotopic (exact) mass is 313 g/mol. The minimum atomic E-state index is -0.197. The van der Waals surface area contributed by atoms with E-state index in [9.17, 15) is 9.59 Å². The summed E-state index contributed by atoms with van der Waals surface area (Å²) in [6.07, 6.45) is 2.52. The van der Waals surface area contributed by atoms with Crippen LogP contribution in [0.2, 0.25) is 0 Å². The van der Waals surface area contributed by atoms with Crippen molar-refractivity contribution in [3.05, 3.63) is 0 Å². The molecule has 0 saturated carbocycles. The second-order valence-corrected chi connectivity index (χ2v) is 6.40. The molecule has 2 N–H and O–H groups in total. The largest absolute Gasteiger partial charge is 0.449 e. The predicted octanol–water partition coefficient (Wildman–Crippen LogP) is 2.59. The van der Waals surface area contributed by atoms with Gasteiger partial charge in [0.2, 0.25) is 0 Å². The van der Waals surface area contributed by atoms with Gasteiger partial charge in [-0.15, -0.1) is 0 Å². The third-order valence-electron chi connectivity index (χ3n) is 4.69. The second-order valence-electron chi connectivity index (χ2n) is 6.40. The lowest BCUT2D eigenvalue weighted by molar-refractivity contribution is 0.0507. The zero-order valence-corrected chi connectivity index (χ0v) is 14.4. The predicted molar refractivity (Wildman–Crippen MR) is 86.8 cm³/mol. The minimum Gasteiger partial charge on any atom is -0.449 e.